The smallest absolute Gasteiger partial charge is 0.244 e. The maximum Gasteiger partial charge on any atom is 0.244 e. The van der Waals surface area contributed by atoms with E-state index in [0.29, 0.717) is 27.8 Å². The van der Waals surface area contributed by atoms with Crippen molar-refractivity contribution in [2.24, 2.45) is 5.92 Å². The minimum absolute atomic E-state index is 0.0515. The van der Waals surface area contributed by atoms with Crippen molar-refractivity contribution < 1.29 is 18.0 Å². The van der Waals surface area contributed by atoms with E-state index >= 15 is 0 Å². The van der Waals surface area contributed by atoms with Crippen LogP contribution in [-0.2, 0) is 26.2 Å². The Hall–Kier alpha value is -2.29. The first-order valence-corrected chi connectivity index (χ1v) is 14.4. The Balaban J connectivity index is 2.39. The molecule has 10 heteroatoms. The van der Waals surface area contributed by atoms with E-state index in [0.717, 1.165) is 16.1 Å². The first kappa shape index (κ1) is 29.9. The molecule has 0 bridgehead atoms. The van der Waals surface area contributed by atoms with E-state index in [9.17, 15) is 18.0 Å². The molecule has 0 radical (unpaired) electrons. The van der Waals surface area contributed by atoms with Crippen molar-refractivity contribution in [3.8, 4) is 0 Å². The number of hydrogen-bond donors (Lipinski definition) is 1. The second-order valence-electron chi connectivity index (χ2n) is 9.60. The summed E-state index contributed by atoms with van der Waals surface area (Å²) in [5, 5.41) is 3.53. The highest BCUT2D eigenvalue weighted by molar-refractivity contribution is 7.92. The SMILES string of the molecule is CC(C)CNC(=O)[C@H](C)N(Cc1ccc(Cl)c(Cl)c1)C(=O)CN(c1ccc(C(C)C)cc1)S(C)(=O)=O. The molecule has 0 fully saturated rings. The molecule has 0 saturated heterocycles. The summed E-state index contributed by atoms with van der Waals surface area (Å²) in [5.41, 5.74) is 2.09. The van der Waals surface area contributed by atoms with Crippen LogP contribution in [0.5, 0.6) is 0 Å². The van der Waals surface area contributed by atoms with Crippen LogP contribution in [0.3, 0.4) is 0 Å². The lowest BCUT2D eigenvalue weighted by atomic mass is 10.0. The van der Waals surface area contributed by atoms with Crippen LogP contribution in [0.4, 0.5) is 5.69 Å². The molecule has 2 rings (SSSR count). The molecule has 0 spiro atoms. The molecular weight excluding hydrogens is 521 g/mol. The predicted molar refractivity (Wildman–Crippen MR) is 147 cm³/mol. The number of carbonyl (C=O) groups excluding carboxylic acids is 2. The standard InChI is InChI=1S/C26H35Cl2N3O4S/c1-17(2)14-29-26(33)19(5)30(15-20-7-12-23(27)24(28)13-20)25(32)16-31(36(6,34)35)22-10-8-21(9-11-22)18(3)4/h7-13,17-19H,14-16H2,1-6H3,(H,29,33)/t19-/m0/s1. The zero-order chi connectivity index (χ0) is 27.2. The molecule has 2 aromatic rings. The number of hydrogen-bond acceptors (Lipinski definition) is 4. The van der Waals surface area contributed by atoms with Crippen LogP contribution >= 0.6 is 23.2 Å². The second-order valence-corrected chi connectivity index (χ2v) is 12.3. The van der Waals surface area contributed by atoms with Crippen LogP contribution in [-0.4, -0.2) is 50.5 Å². The van der Waals surface area contributed by atoms with Gasteiger partial charge >= 0.3 is 0 Å². The first-order valence-electron chi connectivity index (χ1n) is 11.8. The van der Waals surface area contributed by atoms with Gasteiger partial charge in [0.25, 0.3) is 0 Å². The molecule has 0 unspecified atom stereocenters. The molecule has 1 atom stereocenters. The highest BCUT2D eigenvalue weighted by Crippen LogP contribution is 2.25. The van der Waals surface area contributed by atoms with Gasteiger partial charge in [-0.3, -0.25) is 13.9 Å². The first-order chi connectivity index (χ1) is 16.7. The van der Waals surface area contributed by atoms with E-state index in [1.54, 1.807) is 37.3 Å². The third kappa shape index (κ3) is 8.39. The number of benzene rings is 2. The molecule has 2 amide bonds. The molecule has 7 nitrogen and oxygen atoms in total. The fraction of sp³-hybridized carbons (Fsp3) is 0.462. The van der Waals surface area contributed by atoms with Crippen molar-refractivity contribution in [3.05, 3.63) is 63.6 Å². The summed E-state index contributed by atoms with van der Waals surface area (Å²) in [7, 11) is -3.79. The summed E-state index contributed by atoms with van der Waals surface area (Å²) in [4.78, 5) is 27.8. The van der Waals surface area contributed by atoms with E-state index in [2.05, 4.69) is 5.32 Å². The highest BCUT2D eigenvalue weighted by Gasteiger charge is 2.30. The average Bonchev–Trinajstić information content (AvgIpc) is 2.80. The van der Waals surface area contributed by atoms with E-state index < -0.39 is 28.5 Å². The molecule has 0 heterocycles. The Kier molecular flexibility index (Phi) is 10.6. The van der Waals surface area contributed by atoms with E-state index in [4.69, 9.17) is 23.2 Å². The van der Waals surface area contributed by atoms with Gasteiger partial charge in [-0.2, -0.15) is 0 Å². The number of nitrogens with zero attached hydrogens (tertiary/aromatic N) is 2. The van der Waals surface area contributed by atoms with Crippen molar-refractivity contribution in [1.82, 2.24) is 10.2 Å². The van der Waals surface area contributed by atoms with Gasteiger partial charge in [0.15, 0.2) is 0 Å². The van der Waals surface area contributed by atoms with Crippen LogP contribution in [0.2, 0.25) is 10.0 Å². The third-order valence-electron chi connectivity index (χ3n) is 5.72. The number of rotatable bonds is 11. The Bertz CT molecular complexity index is 1170. The normalized spacial score (nSPS) is 12.5. The lowest BCUT2D eigenvalue weighted by Gasteiger charge is -2.31. The van der Waals surface area contributed by atoms with Gasteiger partial charge in [0.2, 0.25) is 21.8 Å². The summed E-state index contributed by atoms with van der Waals surface area (Å²) >= 11 is 12.2. The van der Waals surface area contributed by atoms with Gasteiger partial charge in [-0.1, -0.05) is 69.1 Å². The lowest BCUT2D eigenvalue weighted by Crippen LogP contribution is -2.51. The molecule has 0 saturated carbocycles. The largest absolute Gasteiger partial charge is 0.354 e. The summed E-state index contributed by atoms with van der Waals surface area (Å²) in [6.45, 7) is 9.69. The van der Waals surface area contributed by atoms with Crippen LogP contribution in [0.1, 0.15) is 51.7 Å². The van der Waals surface area contributed by atoms with E-state index in [1.165, 1.54) is 4.90 Å². The molecule has 0 aromatic heterocycles. The molecule has 1 N–H and O–H groups in total. The quantitative estimate of drug-likeness (QED) is 0.419. The van der Waals surface area contributed by atoms with Crippen LogP contribution < -0.4 is 9.62 Å². The Morgan fingerprint density at radius 3 is 2.06 bits per heavy atom. The monoisotopic (exact) mass is 555 g/mol. The Labute approximate surface area is 224 Å². The molecular formula is C26H35Cl2N3O4S. The average molecular weight is 557 g/mol. The summed E-state index contributed by atoms with van der Waals surface area (Å²) < 4.78 is 26.4. The number of carbonyl (C=O) groups is 2. The lowest BCUT2D eigenvalue weighted by molar-refractivity contribution is -0.139. The number of halogens is 2. The summed E-state index contributed by atoms with van der Waals surface area (Å²) in [6, 6.07) is 11.2. The van der Waals surface area contributed by atoms with Gasteiger partial charge < -0.3 is 10.2 Å². The fourth-order valence-corrected chi connectivity index (χ4v) is 4.68. The van der Waals surface area contributed by atoms with Crippen molar-refractivity contribution in [1.29, 1.82) is 0 Å². The van der Waals surface area contributed by atoms with Gasteiger partial charge in [-0.15, -0.1) is 0 Å². The van der Waals surface area contributed by atoms with Gasteiger partial charge in [-0.25, -0.2) is 8.42 Å². The van der Waals surface area contributed by atoms with Crippen LogP contribution in [0.25, 0.3) is 0 Å². The van der Waals surface area contributed by atoms with Crippen molar-refractivity contribution in [2.45, 2.75) is 53.1 Å². The maximum absolute atomic E-state index is 13.6. The van der Waals surface area contributed by atoms with Crippen molar-refractivity contribution in [2.75, 3.05) is 23.7 Å². The summed E-state index contributed by atoms with van der Waals surface area (Å²) in [5.74, 6) is -0.342. The van der Waals surface area contributed by atoms with E-state index in [1.807, 2.05) is 39.8 Å². The van der Waals surface area contributed by atoms with Crippen molar-refractivity contribution in [3.63, 3.8) is 0 Å². The summed E-state index contributed by atoms with van der Waals surface area (Å²) in [6.07, 6.45) is 1.05. The zero-order valence-corrected chi connectivity index (χ0v) is 23.9. The van der Waals surface area contributed by atoms with Crippen LogP contribution in [0.15, 0.2) is 42.5 Å². The Morgan fingerprint density at radius 2 is 1.56 bits per heavy atom. The van der Waals surface area contributed by atoms with Gasteiger partial charge in [0.05, 0.1) is 22.0 Å². The molecule has 36 heavy (non-hydrogen) atoms. The highest BCUT2D eigenvalue weighted by atomic mass is 35.5. The topological polar surface area (TPSA) is 86.8 Å². The number of nitrogens with one attached hydrogen (secondary N) is 1. The Morgan fingerprint density at radius 1 is 0.944 bits per heavy atom. The maximum atomic E-state index is 13.6. The van der Waals surface area contributed by atoms with Gasteiger partial charge in [0, 0.05) is 13.1 Å². The zero-order valence-electron chi connectivity index (χ0n) is 21.6. The predicted octanol–water partition coefficient (Wildman–Crippen LogP) is 5.07. The third-order valence-corrected chi connectivity index (χ3v) is 7.60. The minimum Gasteiger partial charge on any atom is -0.354 e. The van der Waals surface area contributed by atoms with Crippen LogP contribution in [0, 0.1) is 5.92 Å². The molecule has 2 aromatic carbocycles. The molecule has 198 valence electrons. The minimum atomic E-state index is -3.79. The van der Waals surface area contributed by atoms with Crippen molar-refractivity contribution >= 4 is 50.7 Å². The fourth-order valence-electron chi connectivity index (χ4n) is 3.51. The molecule has 0 aliphatic heterocycles. The number of amides is 2. The molecule has 0 aliphatic rings. The van der Waals surface area contributed by atoms with E-state index in [-0.39, 0.29) is 24.3 Å². The number of anilines is 1. The van der Waals surface area contributed by atoms with Gasteiger partial charge in [0.1, 0.15) is 12.6 Å². The number of sulfonamides is 1. The van der Waals surface area contributed by atoms with Gasteiger partial charge in [-0.05, 0) is 54.2 Å². The second kappa shape index (κ2) is 12.8. The molecule has 0 aliphatic carbocycles.